The van der Waals surface area contributed by atoms with Crippen LogP contribution in [0, 0.1) is 0 Å². The summed E-state index contributed by atoms with van der Waals surface area (Å²) in [5.74, 6) is 0.880. The normalized spacial score (nSPS) is 12.4. The Balaban J connectivity index is 2.08. The van der Waals surface area contributed by atoms with Crippen molar-refractivity contribution in [1.82, 2.24) is 0 Å². The van der Waals surface area contributed by atoms with Gasteiger partial charge in [0.2, 0.25) is 0 Å². The Morgan fingerprint density at radius 2 is 2.00 bits per heavy atom. The van der Waals surface area contributed by atoms with Crippen LogP contribution in [0.4, 0.5) is 0 Å². The molecule has 0 aliphatic carbocycles. The van der Waals surface area contributed by atoms with E-state index in [1.165, 1.54) is 18.4 Å². The Morgan fingerprint density at radius 3 is 2.58 bits per heavy atom. The lowest BCUT2D eigenvalue weighted by atomic mass is 10.0. The second-order valence-electron chi connectivity index (χ2n) is 4.60. The van der Waals surface area contributed by atoms with Gasteiger partial charge in [-0.05, 0) is 30.0 Å². The van der Waals surface area contributed by atoms with Crippen molar-refractivity contribution in [3.63, 3.8) is 0 Å². The quantitative estimate of drug-likeness (QED) is 0.646. The molecule has 2 aromatic rings. The molecule has 1 aromatic carbocycles. The average molecular weight is 295 g/mol. The zero-order valence-electron chi connectivity index (χ0n) is 11.4. The molecule has 0 bridgehead atoms. The first kappa shape index (κ1) is 14.4. The predicted molar refractivity (Wildman–Crippen MR) is 83.6 cm³/mol. The monoisotopic (exact) mass is 294 g/mol. The van der Waals surface area contributed by atoms with Crippen LogP contribution < -0.4 is 4.74 Å². The van der Waals surface area contributed by atoms with Crippen LogP contribution in [0.5, 0.6) is 5.75 Å². The predicted octanol–water partition coefficient (Wildman–Crippen LogP) is 5.43. The molecular weight excluding hydrogens is 276 g/mol. The van der Waals surface area contributed by atoms with E-state index in [9.17, 15) is 0 Å². The van der Waals surface area contributed by atoms with Gasteiger partial charge in [-0.15, -0.1) is 22.9 Å². The molecule has 0 saturated heterocycles. The summed E-state index contributed by atoms with van der Waals surface area (Å²) < 4.78 is 5.20. The fraction of sp³-hybridized carbons (Fsp3) is 0.375. The summed E-state index contributed by atoms with van der Waals surface area (Å²) in [7, 11) is 1.68. The van der Waals surface area contributed by atoms with E-state index in [1.54, 1.807) is 18.4 Å². The van der Waals surface area contributed by atoms with Crippen LogP contribution in [0.15, 0.2) is 35.7 Å². The first-order valence-corrected chi connectivity index (χ1v) is 7.91. The number of methoxy groups -OCH3 is 1. The number of benzene rings is 1. The lowest BCUT2D eigenvalue weighted by Gasteiger charge is -2.08. The van der Waals surface area contributed by atoms with E-state index in [2.05, 4.69) is 31.2 Å². The van der Waals surface area contributed by atoms with Crippen molar-refractivity contribution in [3.05, 3.63) is 51.7 Å². The minimum Gasteiger partial charge on any atom is -0.496 e. The third-order valence-corrected chi connectivity index (χ3v) is 4.76. The number of hydrogen-bond acceptors (Lipinski definition) is 2. The van der Waals surface area contributed by atoms with Crippen LogP contribution in [-0.2, 0) is 6.42 Å². The van der Waals surface area contributed by atoms with E-state index in [1.807, 2.05) is 11.4 Å². The van der Waals surface area contributed by atoms with Gasteiger partial charge in [0.15, 0.2) is 0 Å². The Hall–Kier alpha value is -0.990. The zero-order chi connectivity index (χ0) is 13.7. The number of aryl methyl sites for hydroxylation is 1. The number of unbranched alkanes of at least 4 members (excludes halogenated alkanes) is 1. The Kier molecular flexibility index (Phi) is 5.29. The number of alkyl halides is 1. The lowest BCUT2D eigenvalue weighted by molar-refractivity contribution is 0.416. The maximum absolute atomic E-state index is 6.51. The minimum absolute atomic E-state index is 0.0888. The molecule has 0 aliphatic heterocycles. The summed E-state index contributed by atoms with van der Waals surface area (Å²) in [6, 6.07) is 10.6. The zero-order valence-corrected chi connectivity index (χ0v) is 12.9. The van der Waals surface area contributed by atoms with Gasteiger partial charge >= 0.3 is 0 Å². The highest BCUT2D eigenvalue weighted by molar-refractivity contribution is 7.10. The number of rotatable bonds is 6. The Morgan fingerprint density at radius 1 is 1.26 bits per heavy atom. The van der Waals surface area contributed by atoms with Crippen LogP contribution in [0.1, 0.15) is 41.1 Å². The molecule has 0 spiro atoms. The van der Waals surface area contributed by atoms with Gasteiger partial charge in [-0.25, -0.2) is 0 Å². The number of ether oxygens (including phenoxy) is 1. The largest absolute Gasteiger partial charge is 0.496 e. The molecule has 1 nitrogen and oxygen atoms in total. The highest BCUT2D eigenvalue weighted by Crippen LogP contribution is 2.35. The SMILES string of the molecule is CCCCc1ccc(C(Cl)c2cc(OC)cs2)cc1. The van der Waals surface area contributed by atoms with Crippen LogP contribution in [-0.4, -0.2) is 7.11 Å². The molecule has 1 heterocycles. The molecule has 0 aliphatic rings. The molecule has 0 fully saturated rings. The van der Waals surface area contributed by atoms with Gasteiger partial charge in [-0.1, -0.05) is 37.6 Å². The molecule has 2 rings (SSSR count). The summed E-state index contributed by atoms with van der Waals surface area (Å²) in [5, 5.41) is 1.90. The van der Waals surface area contributed by atoms with Gasteiger partial charge in [-0.3, -0.25) is 0 Å². The highest BCUT2D eigenvalue weighted by Gasteiger charge is 2.13. The maximum Gasteiger partial charge on any atom is 0.129 e. The molecule has 0 radical (unpaired) electrons. The van der Waals surface area contributed by atoms with Crippen LogP contribution in [0.3, 0.4) is 0 Å². The highest BCUT2D eigenvalue weighted by atomic mass is 35.5. The standard InChI is InChI=1S/C16H19ClOS/c1-3-4-5-12-6-8-13(9-7-12)16(17)15-10-14(18-2)11-19-15/h6-11,16H,3-5H2,1-2H3. The summed E-state index contributed by atoms with van der Waals surface area (Å²) in [6.45, 7) is 2.22. The van der Waals surface area contributed by atoms with Gasteiger partial charge in [0.05, 0.1) is 12.5 Å². The van der Waals surface area contributed by atoms with Gasteiger partial charge < -0.3 is 4.74 Å². The summed E-state index contributed by atoms with van der Waals surface area (Å²) in [6.07, 6.45) is 3.62. The summed E-state index contributed by atoms with van der Waals surface area (Å²) in [5.41, 5.74) is 2.53. The third kappa shape index (κ3) is 3.74. The van der Waals surface area contributed by atoms with Crippen LogP contribution in [0.25, 0.3) is 0 Å². The smallest absolute Gasteiger partial charge is 0.129 e. The molecule has 0 N–H and O–H groups in total. The molecule has 0 saturated carbocycles. The number of halogens is 1. The third-order valence-electron chi connectivity index (χ3n) is 3.17. The first-order valence-electron chi connectivity index (χ1n) is 6.60. The fourth-order valence-corrected chi connectivity index (χ4v) is 3.19. The minimum atomic E-state index is -0.0888. The van der Waals surface area contributed by atoms with Gasteiger partial charge in [0, 0.05) is 10.3 Å². The second kappa shape index (κ2) is 6.97. The van der Waals surface area contributed by atoms with Crippen molar-refractivity contribution >= 4 is 22.9 Å². The second-order valence-corrected chi connectivity index (χ2v) is 5.98. The Bertz CT molecular complexity index is 504. The average Bonchev–Trinajstić information content (AvgIpc) is 2.94. The van der Waals surface area contributed by atoms with E-state index in [0.29, 0.717) is 0 Å². The Labute approximate surface area is 124 Å². The molecule has 3 heteroatoms. The van der Waals surface area contributed by atoms with Gasteiger partial charge in [0.1, 0.15) is 5.75 Å². The van der Waals surface area contributed by atoms with Gasteiger partial charge in [0.25, 0.3) is 0 Å². The molecular formula is C16H19ClOS. The van der Waals surface area contributed by atoms with Crippen molar-refractivity contribution in [2.24, 2.45) is 0 Å². The molecule has 19 heavy (non-hydrogen) atoms. The van der Waals surface area contributed by atoms with Crippen molar-refractivity contribution < 1.29 is 4.74 Å². The van der Waals surface area contributed by atoms with Crippen molar-refractivity contribution in [3.8, 4) is 5.75 Å². The van der Waals surface area contributed by atoms with E-state index in [4.69, 9.17) is 16.3 Å². The van der Waals surface area contributed by atoms with E-state index < -0.39 is 0 Å². The molecule has 1 aromatic heterocycles. The molecule has 1 unspecified atom stereocenters. The maximum atomic E-state index is 6.51. The van der Waals surface area contributed by atoms with E-state index in [-0.39, 0.29) is 5.38 Å². The van der Waals surface area contributed by atoms with Crippen molar-refractivity contribution in [2.75, 3.05) is 7.11 Å². The molecule has 0 amide bonds. The van der Waals surface area contributed by atoms with E-state index in [0.717, 1.165) is 22.6 Å². The number of hydrogen-bond donors (Lipinski definition) is 0. The fourth-order valence-electron chi connectivity index (χ4n) is 1.97. The lowest BCUT2D eigenvalue weighted by Crippen LogP contribution is -1.92. The van der Waals surface area contributed by atoms with Crippen LogP contribution in [0.2, 0.25) is 0 Å². The molecule has 1 atom stereocenters. The molecule has 102 valence electrons. The van der Waals surface area contributed by atoms with E-state index >= 15 is 0 Å². The summed E-state index contributed by atoms with van der Waals surface area (Å²) in [4.78, 5) is 1.12. The number of thiophene rings is 1. The van der Waals surface area contributed by atoms with Crippen LogP contribution >= 0.6 is 22.9 Å². The van der Waals surface area contributed by atoms with Gasteiger partial charge in [-0.2, -0.15) is 0 Å². The first-order chi connectivity index (χ1) is 9.24. The van der Waals surface area contributed by atoms with Crippen molar-refractivity contribution in [1.29, 1.82) is 0 Å². The summed E-state index contributed by atoms with van der Waals surface area (Å²) >= 11 is 8.15. The topological polar surface area (TPSA) is 9.23 Å². The van der Waals surface area contributed by atoms with Crippen molar-refractivity contribution in [2.45, 2.75) is 31.6 Å².